The third kappa shape index (κ3) is 5.17. The molecule has 2 fully saturated rings. The lowest BCUT2D eigenvalue weighted by Crippen LogP contribution is -2.61. The molecule has 2 aliphatic rings. The summed E-state index contributed by atoms with van der Waals surface area (Å²) in [4.78, 5) is 40.4. The zero-order valence-corrected chi connectivity index (χ0v) is 15.7. The molecule has 0 aromatic heterocycles. The second-order valence-corrected chi connectivity index (χ2v) is 7.79. The fraction of sp³-hybridized carbons (Fsp3) is 0.833. The Bertz CT molecular complexity index is 501. The average molecular weight is 352 g/mol. The molecule has 2 unspecified atom stereocenters. The van der Waals surface area contributed by atoms with Crippen LogP contribution in [0.25, 0.3) is 0 Å². The molecule has 3 amide bonds. The third-order valence-electron chi connectivity index (χ3n) is 5.23. The molecule has 2 atom stereocenters. The number of nitrogens with zero attached hydrogens (tertiary/aromatic N) is 2. The molecule has 2 aliphatic heterocycles. The maximum atomic E-state index is 13.1. The molecule has 7 heteroatoms. The lowest BCUT2D eigenvalue weighted by molar-refractivity contribution is -0.150. The first-order valence-electron chi connectivity index (χ1n) is 9.40. The van der Waals surface area contributed by atoms with Gasteiger partial charge in [0.05, 0.1) is 6.04 Å². The Kier molecular flexibility index (Phi) is 6.81. The molecule has 3 N–H and O–H groups in total. The maximum Gasteiger partial charge on any atom is 0.245 e. The molecule has 25 heavy (non-hydrogen) atoms. The van der Waals surface area contributed by atoms with Crippen molar-refractivity contribution in [2.45, 2.75) is 58.5 Å². The first-order chi connectivity index (χ1) is 11.8. The lowest BCUT2D eigenvalue weighted by Gasteiger charge is -2.41. The van der Waals surface area contributed by atoms with Crippen molar-refractivity contribution in [3.63, 3.8) is 0 Å². The summed E-state index contributed by atoms with van der Waals surface area (Å²) in [5.41, 5.74) is 5.28. The highest BCUT2D eigenvalue weighted by Gasteiger charge is 2.37. The zero-order chi connectivity index (χ0) is 18.6. The van der Waals surface area contributed by atoms with E-state index in [2.05, 4.69) is 19.2 Å². The molecule has 0 bridgehead atoms. The molecule has 0 aliphatic carbocycles. The average Bonchev–Trinajstić information content (AvgIpc) is 2.55. The summed E-state index contributed by atoms with van der Waals surface area (Å²) in [6.07, 6.45) is 2.67. The van der Waals surface area contributed by atoms with Crippen LogP contribution in [-0.2, 0) is 14.4 Å². The molecular formula is C18H32N4O3. The van der Waals surface area contributed by atoms with E-state index in [1.165, 1.54) is 0 Å². The van der Waals surface area contributed by atoms with Gasteiger partial charge in [-0.15, -0.1) is 0 Å². The van der Waals surface area contributed by atoms with E-state index in [0.29, 0.717) is 38.4 Å². The van der Waals surface area contributed by atoms with Crippen LogP contribution in [0, 0.1) is 11.8 Å². The first kappa shape index (κ1) is 19.7. The number of hydrogen-bond donors (Lipinski definition) is 2. The van der Waals surface area contributed by atoms with E-state index in [0.717, 1.165) is 19.4 Å². The number of nitrogens with one attached hydrogen (secondary N) is 1. The molecule has 7 nitrogen and oxygen atoms in total. The number of rotatable bonds is 6. The van der Waals surface area contributed by atoms with Gasteiger partial charge in [-0.3, -0.25) is 14.4 Å². The lowest BCUT2D eigenvalue weighted by atomic mass is 9.92. The van der Waals surface area contributed by atoms with Crippen molar-refractivity contribution in [2.24, 2.45) is 17.6 Å². The number of carbonyl (C=O) groups excluding carboxylic acids is 3. The van der Waals surface area contributed by atoms with E-state index >= 15 is 0 Å². The van der Waals surface area contributed by atoms with E-state index in [-0.39, 0.29) is 35.7 Å². The number of likely N-dealkylation sites (tertiary alicyclic amines) is 1. The topological polar surface area (TPSA) is 95.7 Å². The van der Waals surface area contributed by atoms with Gasteiger partial charge in [0.2, 0.25) is 17.7 Å². The number of piperazine rings is 1. The van der Waals surface area contributed by atoms with Crippen molar-refractivity contribution < 1.29 is 14.4 Å². The van der Waals surface area contributed by atoms with Crippen molar-refractivity contribution in [3.05, 3.63) is 0 Å². The molecule has 0 aromatic rings. The highest BCUT2D eigenvalue weighted by Crippen LogP contribution is 2.23. The number of primary amides is 1. The molecule has 2 saturated heterocycles. The Balaban J connectivity index is 2.04. The van der Waals surface area contributed by atoms with E-state index in [1.54, 1.807) is 4.90 Å². The molecule has 0 radical (unpaired) electrons. The van der Waals surface area contributed by atoms with Gasteiger partial charge in [-0.1, -0.05) is 13.8 Å². The number of hydrogen-bond acceptors (Lipinski definition) is 4. The highest BCUT2D eigenvalue weighted by atomic mass is 16.2. The summed E-state index contributed by atoms with van der Waals surface area (Å²) < 4.78 is 0. The molecule has 2 heterocycles. The largest absolute Gasteiger partial charge is 0.370 e. The van der Waals surface area contributed by atoms with Crippen LogP contribution in [0.4, 0.5) is 0 Å². The second-order valence-electron chi connectivity index (χ2n) is 7.79. The summed E-state index contributed by atoms with van der Waals surface area (Å²) in [6.45, 7) is 8.58. The van der Waals surface area contributed by atoms with E-state index in [1.807, 2.05) is 11.8 Å². The molecule has 0 spiro atoms. The number of carbonyl (C=O) groups is 3. The van der Waals surface area contributed by atoms with Crippen LogP contribution < -0.4 is 11.1 Å². The van der Waals surface area contributed by atoms with Crippen LogP contribution in [0.2, 0.25) is 0 Å². The van der Waals surface area contributed by atoms with Crippen molar-refractivity contribution in [1.82, 2.24) is 15.1 Å². The molecule has 142 valence electrons. The number of nitrogens with two attached hydrogens (primary N) is 1. The van der Waals surface area contributed by atoms with Gasteiger partial charge in [0.25, 0.3) is 0 Å². The van der Waals surface area contributed by atoms with Gasteiger partial charge >= 0.3 is 0 Å². The van der Waals surface area contributed by atoms with Crippen LogP contribution in [-0.4, -0.2) is 65.8 Å². The van der Waals surface area contributed by atoms with Crippen molar-refractivity contribution in [3.8, 4) is 0 Å². The summed E-state index contributed by atoms with van der Waals surface area (Å²) in [5.74, 6) is 0.385. The smallest absolute Gasteiger partial charge is 0.245 e. The molecule has 2 rings (SSSR count). The van der Waals surface area contributed by atoms with Crippen molar-refractivity contribution in [1.29, 1.82) is 0 Å². The Morgan fingerprint density at radius 2 is 1.88 bits per heavy atom. The van der Waals surface area contributed by atoms with Crippen molar-refractivity contribution >= 4 is 17.7 Å². The Morgan fingerprint density at radius 1 is 1.24 bits per heavy atom. The van der Waals surface area contributed by atoms with E-state index in [4.69, 9.17) is 5.73 Å². The predicted molar refractivity (Wildman–Crippen MR) is 95.5 cm³/mol. The van der Waals surface area contributed by atoms with Crippen LogP contribution in [0.5, 0.6) is 0 Å². The first-order valence-corrected chi connectivity index (χ1v) is 9.40. The van der Waals surface area contributed by atoms with E-state index in [9.17, 15) is 14.4 Å². The SMILES string of the molecule is CC(C)CC(C(=O)N1CCC(CC(N)=O)CC1)N1CCNC(C)C1=O. The predicted octanol–water partition coefficient (Wildman–Crippen LogP) is 0.335. The highest BCUT2D eigenvalue weighted by molar-refractivity contribution is 5.90. The Hall–Kier alpha value is -1.63. The van der Waals surface area contributed by atoms with Gasteiger partial charge in [-0.25, -0.2) is 0 Å². The minimum Gasteiger partial charge on any atom is -0.370 e. The monoisotopic (exact) mass is 352 g/mol. The Morgan fingerprint density at radius 3 is 2.44 bits per heavy atom. The number of piperidine rings is 1. The fourth-order valence-corrected chi connectivity index (χ4v) is 3.82. The molecule has 0 aromatic carbocycles. The van der Waals surface area contributed by atoms with Gasteiger partial charge in [-0.2, -0.15) is 0 Å². The van der Waals surface area contributed by atoms with Crippen LogP contribution >= 0.6 is 0 Å². The minimum absolute atomic E-state index is 0.00821. The standard InChI is InChI=1S/C18H32N4O3/c1-12(2)10-15(22-9-6-20-13(3)17(22)24)18(25)21-7-4-14(5-8-21)11-16(19)23/h12-15,20H,4-11H2,1-3H3,(H2,19,23). The normalized spacial score (nSPS) is 23.8. The summed E-state index contributed by atoms with van der Waals surface area (Å²) in [5, 5.41) is 3.15. The van der Waals surface area contributed by atoms with Crippen molar-refractivity contribution in [2.75, 3.05) is 26.2 Å². The Labute approximate surface area is 150 Å². The van der Waals surface area contributed by atoms with Crippen LogP contribution in [0.1, 0.15) is 46.5 Å². The second kappa shape index (κ2) is 8.65. The van der Waals surface area contributed by atoms with Gasteiger partial charge in [0, 0.05) is 32.6 Å². The zero-order valence-electron chi connectivity index (χ0n) is 15.7. The van der Waals surface area contributed by atoms with Gasteiger partial charge < -0.3 is 20.9 Å². The van der Waals surface area contributed by atoms with Gasteiger partial charge in [0.15, 0.2) is 0 Å². The summed E-state index contributed by atoms with van der Waals surface area (Å²) >= 11 is 0. The summed E-state index contributed by atoms with van der Waals surface area (Å²) in [7, 11) is 0. The quantitative estimate of drug-likeness (QED) is 0.720. The van der Waals surface area contributed by atoms with Gasteiger partial charge in [0.1, 0.15) is 6.04 Å². The van der Waals surface area contributed by atoms with E-state index < -0.39 is 0 Å². The molecule has 0 saturated carbocycles. The fourth-order valence-electron chi connectivity index (χ4n) is 3.82. The minimum atomic E-state index is -0.384. The van der Waals surface area contributed by atoms with Crippen LogP contribution in [0.15, 0.2) is 0 Å². The van der Waals surface area contributed by atoms with Crippen LogP contribution in [0.3, 0.4) is 0 Å². The van der Waals surface area contributed by atoms with Gasteiger partial charge in [-0.05, 0) is 38.0 Å². The third-order valence-corrected chi connectivity index (χ3v) is 5.23. The summed E-state index contributed by atoms with van der Waals surface area (Å²) in [6, 6.07) is -0.623. The number of amides is 3. The molecular weight excluding hydrogens is 320 g/mol. The maximum absolute atomic E-state index is 13.1.